The summed E-state index contributed by atoms with van der Waals surface area (Å²) in [6.45, 7) is 10.6. The average molecular weight is 312 g/mol. The lowest BCUT2D eigenvalue weighted by atomic mass is 10.0. The number of hydrogen-bond donors (Lipinski definition) is 2. The molecule has 0 aromatic heterocycles. The number of thiocarbonyl (C=S) groups is 1. The minimum absolute atomic E-state index is 0.171. The molecule has 0 aliphatic heterocycles. The summed E-state index contributed by atoms with van der Waals surface area (Å²) < 4.78 is 0. The summed E-state index contributed by atoms with van der Waals surface area (Å²) in [4.78, 5) is 0. The van der Waals surface area contributed by atoms with Gasteiger partial charge in [0, 0.05) is 5.69 Å². The first kappa shape index (κ1) is 16.5. The van der Waals surface area contributed by atoms with Crippen LogP contribution in [0.25, 0.3) is 0 Å². The van der Waals surface area contributed by atoms with E-state index in [2.05, 4.69) is 81.7 Å². The normalized spacial score (nSPS) is 11.9. The number of aryl methyl sites for hydroxylation is 4. The molecule has 0 radical (unpaired) electrons. The topological polar surface area (TPSA) is 24.1 Å². The summed E-state index contributed by atoms with van der Waals surface area (Å²) in [5, 5.41) is 7.29. The second kappa shape index (κ2) is 6.93. The second-order valence-electron chi connectivity index (χ2n) is 5.98. The van der Waals surface area contributed by atoms with Crippen molar-refractivity contribution in [3.8, 4) is 0 Å². The van der Waals surface area contributed by atoms with E-state index in [0.29, 0.717) is 5.11 Å². The number of anilines is 1. The molecule has 1 atom stereocenters. The second-order valence-corrected chi connectivity index (χ2v) is 6.39. The third-order valence-corrected chi connectivity index (χ3v) is 4.23. The van der Waals surface area contributed by atoms with E-state index in [9.17, 15) is 0 Å². The quantitative estimate of drug-likeness (QED) is 0.783. The third-order valence-electron chi connectivity index (χ3n) is 4.01. The van der Waals surface area contributed by atoms with E-state index in [1.54, 1.807) is 0 Å². The van der Waals surface area contributed by atoms with Crippen molar-refractivity contribution < 1.29 is 0 Å². The zero-order valence-electron chi connectivity index (χ0n) is 13.9. The molecule has 2 nitrogen and oxygen atoms in total. The van der Waals surface area contributed by atoms with Crippen molar-refractivity contribution in [1.82, 2.24) is 5.32 Å². The molecule has 0 heterocycles. The summed E-state index contributed by atoms with van der Waals surface area (Å²) in [6.07, 6.45) is 0. The molecule has 2 aromatic rings. The highest BCUT2D eigenvalue weighted by atomic mass is 32.1. The molecule has 0 aliphatic carbocycles. The van der Waals surface area contributed by atoms with Crippen molar-refractivity contribution in [3.05, 3.63) is 64.2 Å². The molecule has 3 heteroatoms. The van der Waals surface area contributed by atoms with Gasteiger partial charge in [-0.15, -0.1) is 0 Å². The van der Waals surface area contributed by atoms with Crippen LogP contribution in [0.3, 0.4) is 0 Å². The van der Waals surface area contributed by atoms with E-state index >= 15 is 0 Å². The number of benzene rings is 2. The van der Waals surface area contributed by atoms with Crippen LogP contribution in [0.2, 0.25) is 0 Å². The number of nitrogens with one attached hydrogen (secondary N) is 2. The largest absolute Gasteiger partial charge is 0.356 e. The van der Waals surface area contributed by atoms with Gasteiger partial charge >= 0.3 is 0 Å². The number of rotatable bonds is 3. The molecule has 0 fully saturated rings. The smallest absolute Gasteiger partial charge is 0.171 e. The van der Waals surface area contributed by atoms with Crippen molar-refractivity contribution in [3.63, 3.8) is 0 Å². The first-order chi connectivity index (χ1) is 10.4. The Morgan fingerprint density at radius 3 is 2.27 bits per heavy atom. The molecule has 2 aromatic carbocycles. The molecule has 22 heavy (non-hydrogen) atoms. The maximum Gasteiger partial charge on any atom is 0.171 e. The molecule has 0 spiro atoms. The lowest BCUT2D eigenvalue weighted by Gasteiger charge is -2.19. The molecule has 0 saturated carbocycles. The van der Waals surface area contributed by atoms with E-state index in [0.717, 1.165) is 5.69 Å². The van der Waals surface area contributed by atoms with Gasteiger partial charge in [-0.3, -0.25) is 0 Å². The summed E-state index contributed by atoms with van der Waals surface area (Å²) in [5.41, 5.74) is 7.36. The molecule has 0 aliphatic rings. The highest BCUT2D eigenvalue weighted by molar-refractivity contribution is 7.80. The molecule has 2 N–H and O–H groups in total. The van der Waals surface area contributed by atoms with Gasteiger partial charge in [0.1, 0.15) is 0 Å². The Morgan fingerprint density at radius 1 is 0.909 bits per heavy atom. The van der Waals surface area contributed by atoms with Gasteiger partial charge in [0.05, 0.1) is 6.04 Å². The summed E-state index contributed by atoms with van der Waals surface area (Å²) in [5.74, 6) is 0. The first-order valence-electron chi connectivity index (χ1n) is 7.58. The van der Waals surface area contributed by atoms with Crippen LogP contribution in [0.4, 0.5) is 5.69 Å². The Kier molecular flexibility index (Phi) is 5.19. The Hall–Kier alpha value is -1.87. The Balaban J connectivity index is 2.03. The fraction of sp³-hybridized carbons (Fsp3) is 0.316. The zero-order chi connectivity index (χ0) is 16.3. The lowest BCUT2D eigenvalue weighted by molar-refractivity contribution is 0.721. The molecule has 1 unspecified atom stereocenters. The van der Waals surface area contributed by atoms with Crippen LogP contribution in [-0.2, 0) is 0 Å². The Morgan fingerprint density at radius 2 is 1.64 bits per heavy atom. The Labute approximate surface area is 139 Å². The van der Waals surface area contributed by atoms with E-state index < -0.39 is 0 Å². The van der Waals surface area contributed by atoms with Crippen molar-refractivity contribution in [2.24, 2.45) is 0 Å². The van der Waals surface area contributed by atoms with Crippen molar-refractivity contribution in [2.45, 2.75) is 40.7 Å². The molecule has 0 amide bonds. The maximum absolute atomic E-state index is 5.44. The van der Waals surface area contributed by atoms with Gasteiger partial charge in [-0.25, -0.2) is 0 Å². The standard InChI is InChI=1S/C19H24N2S/c1-12-6-9-18(15(4)10-12)21-19(22)20-16(5)17-8-7-13(2)14(3)11-17/h6-11,16H,1-5H3,(H2,20,21,22). The van der Waals surface area contributed by atoms with E-state index in [1.807, 2.05) is 0 Å². The van der Waals surface area contributed by atoms with E-state index in [1.165, 1.54) is 27.8 Å². The van der Waals surface area contributed by atoms with Gasteiger partial charge < -0.3 is 10.6 Å². The minimum atomic E-state index is 0.171. The van der Waals surface area contributed by atoms with Crippen LogP contribution >= 0.6 is 12.2 Å². The van der Waals surface area contributed by atoms with Crippen LogP contribution in [0, 0.1) is 27.7 Å². The van der Waals surface area contributed by atoms with Gasteiger partial charge in [-0.05, 0) is 75.2 Å². The van der Waals surface area contributed by atoms with Gasteiger partial charge in [0.2, 0.25) is 0 Å². The van der Waals surface area contributed by atoms with Crippen molar-refractivity contribution in [2.75, 3.05) is 5.32 Å². The van der Waals surface area contributed by atoms with Crippen molar-refractivity contribution >= 4 is 23.0 Å². The van der Waals surface area contributed by atoms with Crippen LogP contribution in [0.15, 0.2) is 36.4 Å². The molecular weight excluding hydrogens is 288 g/mol. The van der Waals surface area contributed by atoms with Crippen LogP contribution < -0.4 is 10.6 Å². The summed E-state index contributed by atoms with van der Waals surface area (Å²) in [6, 6.07) is 13.0. The zero-order valence-corrected chi connectivity index (χ0v) is 14.8. The summed E-state index contributed by atoms with van der Waals surface area (Å²) >= 11 is 5.44. The first-order valence-corrected chi connectivity index (χ1v) is 7.99. The van der Waals surface area contributed by atoms with Crippen LogP contribution in [-0.4, -0.2) is 5.11 Å². The predicted octanol–water partition coefficient (Wildman–Crippen LogP) is 4.97. The molecular formula is C19H24N2S. The lowest BCUT2D eigenvalue weighted by Crippen LogP contribution is -2.31. The SMILES string of the molecule is Cc1ccc(NC(=S)NC(C)c2ccc(C)c(C)c2)c(C)c1. The fourth-order valence-electron chi connectivity index (χ4n) is 2.43. The molecule has 0 bridgehead atoms. The number of hydrogen-bond acceptors (Lipinski definition) is 1. The summed E-state index contributed by atoms with van der Waals surface area (Å²) in [7, 11) is 0. The van der Waals surface area contributed by atoms with Crippen molar-refractivity contribution in [1.29, 1.82) is 0 Å². The monoisotopic (exact) mass is 312 g/mol. The average Bonchev–Trinajstić information content (AvgIpc) is 2.45. The van der Waals surface area contributed by atoms with Gasteiger partial charge in [-0.1, -0.05) is 35.9 Å². The highest BCUT2D eigenvalue weighted by Crippen LogP contribution is 2.18. The predicted molar refractivity (Wildman–Crippen MR) is 99.6 cm³/mol. The molecule has 116 valence electrons. The van der Waals surface area contributed by atoms with Gasteiger partial charge in [-0.2, -0.15) is 0 Å². The van der Waals surface area contributed by atoms with E-state index in [-0.39, 0.29) is 6.04 Å². The molecule has 2 rings (SSSR count). The fourth-order valence-corrected chi connectivity index (χ4v) is 2.71. The van der Waals surface area contributed by atoms with Gasteiger partial charge in [0.15, 0.2) is 5.11 Å². The maximum atomic E-state index is 5.44. The third kappa shape index (κ3) is 4.08. The van der Waals surface area contributed by atoms with E-state index in [4.69, 9.17) is 12.2 Å². The van der Waals surface area contributed by atoms with Crippen LogP contribution in [0.5, 0.6) is 0 Å². The molecule has 0 saturated heterocycles. The minimum Gasteiger partial charge on any atom is -0.356 e. The van der Waals surface area contributed by atoms with Gasteiger partial charge in [0.25, 0.3) is 0 Å². The Bertz CT molecular complexity index is 692. The van der Waals surface area contributed by atoms with Crippen LogP contribution in [0.1, 0.15) is 40.8 Å². The highest BCUT2D eigenvalue weighted by Gasteiger charge is 2.09.